The fourth-order valence-electron chi connectivity index (χ4n) is 7.88. The third-order valence-electron chi connectivity index (χ3n) is 10.3. The molecule has 5 atom stereocenters. The summed E-state index contributed by atoms with van der Waals surface area (Å²) in [5.41, 5.74) is 12.7. The quantitative estimate of drug-likeness (QED) is 0.0659. The van der Waals surface area contributed by atoms with Crippen molar-refractivity contribution in [2.24, 2.45) is 23.0 Å². The number of anilines is 1. The van der Waals surface area contributed by atoms with Gasteiger partial charge in [-0.2, -0.15) is 0 Å². The maximum Gasteiger partial charge on any atom is 0.529 e. The lowest BCUT2D eigenvalue weighted by atomic mass is 9.55. The van der Waals surface area contributed by atoms with Crippen LogP contribution in [0.2, 0.25) is 0 Å². The van der Waals surface area contributed by atoms with Crippen LogP contribution in [0.3, 0.4) is 0 Å². The fourth-order valence-corrected chi connectivity index (χ4v) is 8.55. The molecule has 0 bridgehead atoms. The maximum absolute atomic E-state index is 12.8. The molecule has 5 unspecified atom stereocenters. The topological polar surface area (TPSA) is 217 Å². The van der Waals surface area contributed by atoms with Gasteiger partial charge in [-0.15, -0.1) is 0 Å². The number of aryl methyl sites for hydroxylation is 1. The number of rotatable bonds is 15. The van der Waals surface area contributed by atoms with Crippen LogP contribution in [0.1, 0.15) is 66.4 Å². The van der Waals surface area contributed by atoms with Crippen molar-refractivity contribution >= 4 is 31.5 Å². The third-order valence-corrected chi connectivity index (χ3v) is 11.6. The number of carbonyl (C=O) groups is 3. The average Bonchev–Trinajstić information content (AvgIpc) is 3.42. The lowest BCUT2D eigenvalue weighted by Gasteiger charge is -2.50. The van der Waals surface area contributed by atoms with Crippen molar-refractivity contribution in [2.45, 2.75) is 57.5 Å². The van der Waals surface area contributed by atoms with Gasteiger partial charge in [0.25, 0.3) is 5.91 Å². The van der Waals surface area contributed by atoms with Crippen LogP contribution in [0.5, 0.6) is 17.2 Å². The standard InChI is InChI=1S/C34H46N3O12P/c1-34-13-12-23-22-7-5-21(49-50(42,43-2)44-3)18-20(22)4-6-24(23)25(34)8-11-28(34)48-29(38)19-46-17-16-45-15-14-37-33(41)47-27-10-9-26(35)31(39)30(27)32(36)40/h5,7,9-10,18,23-25,28,39H,4,6,8,11-17,19,35H2,1-3H3,(H2,36,40)(H,37,41). The number of hydrogen-bond acceptors (Lipinski definition) is 13. The number of phosphoric acid groups is 1. The number of aromatic hydroxyl groups is 1. The lowest BCUT2D eigenvalue weighted by molar-refractivity contribution is -0.163. The number of phenols is 1. The molecule has 2 aromatic carbocycles. The molecule has 6 N–H and O–H groups in total. The fraction of sp³-hybridized carbons (Fsp3) is 0.559. The second-order valence-corrected chi connectivity index (χ2v) is 14.8. The minimum Gasteiger partial charge on any atom is -0.505 e. The van der Waals surface area contributed by atoms with E-state index in [1.54, 1.807) is 0 Å². The van der Waals surface area contributed by atoms with E-state index >= 15 is 0 Å². The Hall–Kier alpha value is -3.88. The molecule has 0 saturated heterocycles. The predicted molar refractivity (Wildman–Crippen MR) is 180 cm³/mol. The maximum atomic E-state index is 12.8. The van der Waals surface area contributed by atoms with Crippen LogP contribution >= 0.6 is 7.82 Å². The number of primary amides is 1. The SMILES string of the molecule is COP(=O)(OC)Oc1ccc2c(c1)CCC1C2CCC2(C)C(OC(=O)COCCOCCNC(=O)Oc3ccc(N)c(O)c3C(N)=O)CCC12. The molecule has 0 heterocycles. The van der Waals surface area contributed by atoms with Crippen molar-refractivity contribution in [3.05, 3.63) is 47.0 Å². The van der Waals surface area contributed by atoms with Gasteiger partial charge in [0.05, 0.1) is 25.5 Å². The molecule has 0 aliphatic heterocycles. The van der Waals surface area contributed by atoms with Crippen LogP contribution in [0.25, 0.3) is 0 Å². The van der Waals surface area contributed by atoms with Gasteiger partial charge in [0, 0.05) is 26.2 Å². The second kappa shape index (κ2) is 16.0. The number of nitrogen functional groups attached to an aromatic ring is 1. The molecule has 3 aliphatic rings. The summed E-state index contributed by atoms with van der Waals surface area (Å²) in [5.74, 6) is -0.397. The summed E-state index contributed by atoms with van der Waals surface area (Å²) in [6, 6.07) is 8.38. The summed E-state index contributed by atoms with van der Waals surface area (Å²) in [6.45, 7) is 2.62. The van der Waals surface area contributed by atoms with Crippen LogP contribution in [0.15, 0.2) is 30.3 Å². The zero-order valence-corrected chi connectivity index (χ0v) is 29.4. The van der Waals surface area contributed by atoms with E-state index in [0.717, 1.165) is 38.5 Å². The highest BCUT2D eigenvalue weighted by atomic mass is 31.2. The molecule has 2 aromatic rings. The first-order chi connectivity index (χ1) is 23.9. The van der Waals surface area contributed by atoms with Crippen molar-refractivity contribution in [3.8, 4) is 17.2 Å². The Bertz CT molecular complexity index is 1610. The molecule has 2 fully saturated rings. The molecular formula is C34H46N3O12P. The molecule has 16 heteroatoms. The van der Waals surface area contributed by atoms with E-state index in [2.05, 4.69) is 18.3 Å². The van der Waals surface area contributed by atoms with Gasteiger partial charge in [-0.25, -0.2) is 14.2 Å². The Labute approximate surface area is 290 Å². The molecule has 2 saturated carbocycles. The molecule has 0 spiro atoms. The number of ether oxygens (including phenoxy) is 4. The van der Waals surface area contributed by atoms with Crippen LogP contribution in [0.4, 0.5) is 10.5 Å². The first-order valence-corrected chi connectivity index (χ1v) is 18.1. The van der Waals surface area contributed by atoms with Crippen LogP contribution in [0, 0.1) is 17.3 Å². The van der Waals surface area contributed by atoms with E-state index in [1.165, 1.54) is 37.5 Å². The van der Waals surface area contributed by atoms with Crippen molar-refractivity contribution < 1.29 is 56.6 Å². The predicted octanol–water partition coefficient (Wildman–Crippen LogP) is 4.44. The Morgan fingerprint density at radius 1 is 1.02 bits per heavy atom. The third kappa shape index (κ3) is 8.18. The summed E-state index contributed by atoms with van der Waals surface area (Å²) in [7, 11) is -1.05. The average molecular weight is 720 g/mol. The van der Waals surface area contributed by atoms with Gasteiger partial charge in [0.2, 0.25) is 0 Å². The molecule has 2 amide bonds. The van der Waals surface area contributed by atoms with Crippen LogP contribution in [-0.2, 0) is 39.0 Å². The van der Waals surface area contributed by atoms with E-state index in [9.17, 15) is 24.1 Å². The van der Waals surface area contributed by atoms with Gasteiger partial charge < -0.3 is 45.4 Å². The number of nitrogens with one attached hydrogen (secondary N) is 1. The zero-order chi connectivity index (χ0) is 36.1. The number of hydrogen-bond donors (Lipinski definition) is 4. The van der Waals surface area contributed by atoms with Gasteiger partial charge in [0.15, 0.2) is 5.75 Å². The van der Waals surface area contributed by atoms with Gasteiger partial charge in [-0.3, -0.25) is 13.8 Å². The first kappa shape index (κ1) is 37.4. The molecular weight excluding hydrogens is 673 g/mol. The Morgan fingerprint density at radius 3 is 2.52 bits per heavy atom. The number of amides is 2. The summed E-state index contributed by atoms with van der Waals surface area (Å²) in [5, 5.41) is 12.4. The number of fused-ring (bicyclic) bond motifs is 5. The van der Waals surface area contributed by atoms with E-state index in [0.29, 0.717) is 23.5 Å². The van der Waals surface area contributed by atoms with Gasteiger partial charge in [-0.1, -0.05) is 13.0 Å². The van der Waals surface area contributed by atoms with Crippen molar-refractivity contribution in [2.75, 3.05) is 52.9 Å². The van der Waals surface area contributed by atoms with E-state index < -0.39 is 37.1 Å². The largest absolute Gasteiger partial charge is 0.529 e. The minimum atomic E-state index is -3.64. The van der Waals surface area contributed by atoms with E-state index in [-0.39, 0.29) is 55.9 Å². The van der Waals surface area contributed by atoms with Crippen LogP contribution in [-0.4, -0.2) is 76.4 Å². The number of nitrogens with two attached hydrogens (primary N) is 2. The summed E-state index contributed by atoms with van der Waals surface area (Å²) >= 11 is 0. The normalized spacial score (nSPS) is 24.0. The summed E-state index contributed by atoms with van der Waals surface area (Å²) in [4.78, 5) is 36.4. The van der Waals surface area contributed by atoms with Crippen LogP contribution < -0.4 is 26.0 Å². The number of phosphoric ester groups is 1. The first-order valence-electron chi connectivity index (χ1n) is 16.6. The Kier molecular flexibility index (Phi) is 12.0. The molecule has 5 rings (SSSR count). The second-order valence-electron chi connectivity index (χ2n) is 13.0. The lowest BCUT2D eigenvalue weighted by Crippen LogP contribution is -2.45. The number of carbonyl (C=O) groups excluding carboxylic acids is 3. The highest BCUT2D eigenvalue weighted by Crippen LogP contribution is 2.62. The molecule has 274 valence electrons. The number of esters is 1. The van der Waals surface area contributed by atoms with E-state index in [4.69, 9.17) is 44.0 Å². The molecule has 3 aliphatic carbocycles. The molecule has 0 aromatic heterocycles. The monoisotopic (exact) mass is 719 g/mol. The zero-order valence-electron chi connectivity index (χ0n) is 28.5. The molecule has 0 radical (unpaired) electrons. The van der Waals surface area contributed by atoms with Gasteiger partial charge in [-0.05, 0) is 91.7 Å². The van der Waals surface area contributed by atoms with Gasteiger partial charge in [0.1, 0.15) is 29.8 Å². The van der Waals surface area contributed by atoms with E-state index in [1.807, 2.05) is 12.1 Å². The highest BCUT2D eigenvalue weighted by molar-refractivity contribution is 7.48. The van der Waals surface area contributed by atoms with Crippen molar-refractivity contribution in [3.63, 3.8) is 0 Å². The highest BCUT2D eigenvalue weighted by Gasteiger charge is 2.56. The van der Waals surface area contributed by atoms with Crippen molar-refractivity contribution in [1.29, 1.82) is 0 Å². The van der Waals surface area contributed by atoms with Crippen molar-refractivity contribution in [1.82, 2.24) is 5.32 Å². The van der Waals surface area contributed by atoms with Gasteiger partial charge >= 0.3 is 19.9 Å². The minimum absolute atomic E-state index is 0.0825. The Balaban J connectivity index is 1.00. The summed E-state index contributed by atoms with van der Waals surface area (Å²) < 4.78 is 49.8. The smallest absolute Gasteiger partial charge is 0.505 e. The number of benzene rings is 2. The summed E-state index contributed by atoms with van der Waals surface area (Å²) in [6.07, 6.45) is 4.62. The molecule has 15 nitrogen and oxygen atoms in total. The Morgan fingerprint density at radius 2 is 1.78 bits per heavy atom. The molecule has 50 heavy (non-hydrogen) atoms.